The van der Waals surface area contributed by atoms with Crippen LogP contribution in [0.5, 0.6) is 17.2 Å². The van der Waals surface area contributed by atoms with Gasteiger partial charge in [-0.15, -0.1) is 0 Å². The van der Waals surface area contributed by atoms with Crippen LogP contribution in [0.25, 0.3) is 0 Å². The fourth-order valence-electron chi connectivity index (χ4n) is 3.13. The number of rotatable bonds is 8. The predicted octanol–water partition coefficient (Wildman–Crippen LogP) is 4.48. The number of hydrogen-bond donors (Lipinski definition) is 0. The highest BCUT2D eigenvalue weighted by atomic mass is 19.1. The molecule has 1 amide bonds. The number of nitro groups is 1. The molecule has 0 fully saturated rings. The van der Waals surface area contributed by atoms with Crippen LogP contribution in [0.15, 0.2) is 54.6 Å². The summed E-state index contributed by atoms with van der Waals surface area (Å²) in [6, 6.07) is 15.8. The first kappa shape index (κ1) is 24.6. The minimum atomic E-state index is -0.953. The second-order valence-electron chi connectivity index (χ2n) is 7.11. The molecule has 1 atom stereocenters. The van der Waals surface area contributed by atoms with Crippen LogP contribution < -0.4 is 14.4 Å². The zero-order valence-corrected chi connectivity index (χ0v) is 18.6. The van der Waals surface area contributed by atoms with Crippen LogP contribution in [-0.2, 0) is 4.79 Å². The number of aromatic nitrogens is 1. The van der Waals surface area contributed by atoms with Gasteiger partial charge in [-0.2, -0.15) is 10.5 Å². The molecule has 0 radical (unpaired) electrons. The van der Waals surface area contributed by atoms with Gasteiger partial charge in [-0.05, 0) is 56.3 Å². The van der Waals surface area contributed by atoms with Gasteiger partial charge in [-0.3, -0.25) is 19.8 Å². The van der Waals surface area contributed by atoms with Crippen LogP contribution in [0.4, 0.5) is 15.9 Å². The monoisotopic (exact) mass is 475 g/mol. The summed E-state index contributed by atoms with van der Waals surface area (Å²) in [5.41, 5.74) is -0.728. The van der Waals surface area contributed by atoms with Crippen LogP contribution in [0.2, 0.25) is 0 Å². The summed E-state index contributed by atoms with van der Waals surface area (Å²) in [6.07, 6.45) is -0.953. The number of benzene rings is 2. The number of anilines is 1. The Morgan fingerprint density at radius 1 is 1.11 bits per heavy atom. The fraction of sp³-hybridized carbons (Fsp3) is 0.167. The Bertz CT molecular complexity index is 1350. The first-order chi connectivity index (χ1) is 16.7. The minimum Gasteiger partial charge on any atom is -0.481 e. The number of nitrogens with zero attached hydrogens (tertiary/aromatic N) is 5. The van der Waals surface area contributed by atoms with Gasteiger partial charge in [0.2, 0.25) is 5.69 Å². The molecule has 1 aromatic heterocycles. The minimum absolute atomic E-state index is 0.0886. The zero-order valence-electron chi connectivity index (χ0n) is 18.6. The number of halogens is 1. The van der Waals surface area contributed by atoms with Gasteiger partial charge in [0.25, 0.3) is 5.91 Å². The van der Waals surface area contributed by atoms with E-state index < -0.39 is 34.1 Å². The van der Waals surface area contributed by atoms with E-state index in [1.165, 1.54) is 24.0 Å². The van der Waals surface area contributed by atoms with Gasteiger partial charge < -0.3 is 9.47 Å². The maximum absolute atomic E-state index is 13.6. The van der Waals surface area contributed by atoms with Gasteiger partial charge in [-0.1, -0.05) is 0 Å². The topological polar surface area (TPSA) is 142 Å². The molecule has 0 bridgehead atoms. The molecule has 1 unspecified atom stereocenters. The number of ether oxygens (including phenoxy) is 2. The average molecular weight is 475 g/mol. The van der Waals surface area contributed by atoms with E-state index in [0.717, 1.165) is 18.2 Å². The Morgan fingerprint density at radius 3 is 2.40 bits per heavy atom. The lowest BCUT2D eigenvalue weighted by Crippen LogP contribution is -2.41. The van der Waals surface area contributed by atoms with Gasteiger partial charge >= 0.3 is 5.69 Å². The van der Waals surface area contributed by atoms with Crippen molar-refractivity contribution in [2.45, 2.75) is 20.0 Å². The van der Waals surface area contributed by atoms with E-state index in [1.807, 2.05) is 6.07 Å². The largest absolute Gasteiger partial charge is 0.481 e. The van der Waals surface area contributed by atoms with Crippen LogP contribution in [0.3, 0.4) is 0 Å². The molecule has 0 aliphatic carbocycles. The maximum Gasteiger partial charge on any atom is 0.305 e. The third-order valence-electron chi connectivity index (χ3n) is 4.74. The molecule has 10 nitrogen and oxygen atoms in total. The number of carbonyl (C=O) groups excluding carboxylic acids is 1. The van der Waals surface area contributed by atoms with Gasteiger partial charge in [-0.25, -0.2) is 9.37 Å². The molecular weight excluding hydrogens is 457 g/mol. The van der Waals surface area contributed by atoms with Crippen molar-refractivity contribution < 1.29 is 23.6 Å². The van der Waals surface area contributed by atoms with Crippen molar-refractivity contribution >= 4 is 17.4 Å². The third kappa shape index (κ3) is 5.86. The zero-order chi connectivity index (χ0) is 25.5. The van der Waals surface area contributed by atoms with E-state index in [-0.39, 0.29) is 23.7 Å². The van der Waals surface area contributed by atoms with Crippen molar-refractivity contribution in [3.05, 3.63) is 81.8 Å². The van der Waals surface area contributed by atoms with Crippen LogP contribution in [0, 0.1) is 38.6 Å². The lowest BCUT2D eigenvalue weighted by molar-refractivity contribution is -0.385. The Balaban J connectivity index is 1.71. The highest BCUT2D eigenvalue weighted by molar-refractivity contribution is 5.95. The highest BCUT2D eigenvalue weighted by Crippen LogP contribution is 2.26. The molecule has 0 saturated carbocycles. The Kier molecular flexibility index (Phi) is 7.54. The molecule has 0 aliphatic heterocycles. The Labute approximate surface area is 199 Å². The second kappa shape index (κ2) is 10.7. The van der Waals surface area contributed by atoms with Crippen molar-refractivity contribution in [3.8, 4) is 29.4 Å². The molecule has 3 rings (SSSR count). The number of hydrogen-bond acceptors (Lipinski definition) is 8. The fourth-order valence-corrected chi connectivity index (χ4v) is 3.13. The van der Waals surface area contributed by atoms with Crippen LogP contribution in [0.1, 0.15) is 25.1 Å². The highest BCUT2D eigenvalue weighted by Gasteiger charge is 2.25. The van der Waals surface area contributed by atoms with Gasteiger partial charge in [0.05, 0.1) is 16.6 Å². The molecule has 3 aromatic rings. The number of amides is 1. The van der Waals surface area contributed by atoms with E-state index in [0.29, 0.717) is 11.5 Å². The number of likely N-dealkylation sites (N-methyl/N-ethyl adjacent to an activating group) is 1. The van der Waals surface area contributed by atoms with E-state index >= 15 is 0 Å². The summed E-state index contributed by atoms with van der Waals surface area (Å²) in [4.78, 5) is 28.5. The number of pyridine rings is 1. The first-order valence-electron chi connectivity index (χ1n) is 10.3. The molecule has 0 saturated heterocycles. The Hall–Kier alpha value is -5.03. The molecule has 35 heavy (non-hydrogen) atoms. The quantitative estimate of drug-likeness (QED) is 0.343. The molecule has 0 spiro atoms. The molecule has 1 heterocycles. The molecule has 0 N–H and O–H groups in total. The molecule has 11 heteroatoms. The van der Waals surface area contributed by atoms with Crippen molar-refractivity contribution in [2.24, 2.45) is 0 Å². The Morgan fingerprint density at radius 2 is 1.80 bits per heavy atom. The molecule has 176 valence electrons. The lowest BCUT2D eigenvalue weighted by Gasteiger charge is -2.24. The summed E-state index contributed by atoms with van der Waals surface area (Å²) in [6.45, 7) is 3.41. The molecule has 2 aromatic carbocycles. The second-order valence-corrected chi connectivity index (χ2v) is 7.11. The van der Waals surface area contributed by atoms with Crippen LogP contribution in [-0.4, -0.2) is 28.5 Å². The molecular formula is C24H18FN5O5. The summed E-state index contributed by atoms with van der Waals surface area (Å²) in [5.74, 6) is -0.117. The number of nitriles is 2. The van der Waals surface area contributed by atoms with Gasteiger partial charge in [0.1, 0.15) is 35.0 Å². The van der Waals surface area contributed by atoms with E-state index in [9.17, 15) is 19.3 Å². The van der Waals surface area contributed by atoms with Crippen molar-refractivity contribution in [2.75, 3.05) is 11.4 Å². The normalized spacial score (nSPS) is 11.0. The van der Waals surface area contributed by atoms with E-state index in [4.69, 9.17) is 20.0 Å². The van der Waals surface area contributed by atoms with E-state index in [2.05, 4.69) is 4.98 Å². The lowest BCUT2D eigenvalue weighted by atomic mass is 10.2. The van der Waals surface area contributed by atoms with Gasteiger partial charge in [0.15, 0.2) is 6.10 Å². The summed E-state index contributed by atoms with van der Waals surface area (Å²) < 4.78 is 24.9. The first-order valence-corrected chi connectivity index (χ1v) is 10.3. The van der Waals surface area contributed by atoms with Crippen LogP contribution >= 0.6 is 0 Å². The van der Waals surface area contributed by atoms with Crippen molar-refractivity contribution in [3.63, 3.8) is 0 Å². The van der Waals surface area contributed by atoms with Crippen molar-refractivity contribution in [1.29, 1.82) is 10.5 Å². The standard InChI is InChI=1S/C24H18FN5O5/c1-3-29(23-9-8-22(30(32)33)21(14-27)28-23)24(31)15(2)34-18-4-6-19(7-5-18)35-20-11-16(13-26)10-17(25)12-20/h4-12,15H,3H2,1-2H3. The third-order valence-corrected chi connectivity index (χ3v) is 4.74. The molecule has 0 aliphatic rings. The van der Waals surface area contributed by atoms with E-state index in [1.54, 1.807) is 37.3 Å². The van der Waals surface area contributed by atoms with Crippen molar-refractivity contribution in [1.82, 2.24) is 4.98 Å². The average Bonchev–Trinajstić information content (AvgIpc) is 2.84. The summed E-state index contributed by atoms with van der Waals surface area (Å²) >= 11 is 0. The summed E-state index contributed by atoms with van der Waals surface area (Å²) in [7, 11) is 0. The predicted molar refractivity (Wildman–Crippen MR) is 121 cm³/mol. The summed E-state index contributed by atoms with van der Waals surface area (Å²) in [5, 5.41) is 29.1. The SMILES string of the molecule is CCN(C(=O)C(C)Oc1ccc(Oc2cc(F)cc(C#N)c2)cc1)c1ccc([N+](=O)[O-])c(C#N)n1. The smallest absolute Gasteiger partial charge is 0.305 e. The number of carbonyl (C=O) groups is 1. The maximum atomic E-state index is 13.6. The van der Waals surface area contributed by atoms with Gasteiger partial charge in [0, 0.05) is 18.7 Å².